The number of aryl methyl sites for hydroxylation is 1. The van der Waals surface area contributed by atoms with E-state index in [1.165, 1.54) is 12.4 Å². The van der Waals surface area contributed by atoms with Crippen LogP contribution in [0.15, 0.2) is 55.0 Å². The van der Waals surface area contributed by atoms with Crippen LogP contribution in [0.1, 0.15) is 52.0 Å². The summed E-state index contributed by atoms with van der Waals surface area (Å²) in [5.41, 5.74) is 4.62. The van der Waals surface area contributed by atoms with Gasteiger partial charge >= 0.3 is 5.97 Å². The molecule has 176 valence electrons. The number of aromatic amines is 1. The van der Waals surface area contributed by atoms with Gasteiger partial charge in [0.1, 0.15) is 5.75 Å². The number of aromatic nitrogens is 3. The average molecular weight is 463 g/mol. The summed E-state index contributed by atoms with van der Waals surface area (Å²) in [6.45, 7) is 3.51. The summed E-state index contributed by atoms with van der Waals surface area (Å²) in [5, 5.41) is 14.7. The molecule has 0 aliphatic carbocycles. The maximum atomic E-state index is 13.7. The van der Waals surface area contributed by atoms with Crippen molar-refractivity contribution in [1.29, 1.82) is 0 Å². The molecule has 4 aromatic rings. The molecule has 8 heteroatoms. The van der Waals surface area contributed by atoms with E-state index >= 15 is 0 Å². The third kappa shape index (κ3) is 4.05. The first-order chi connectivity index (χ1) is 16.4. The molecule has 0 radical (unpaired) electrons. The predicted octanol–water partition coefficient (Wildman–Crippen LogP) is 5.10. The van der Waals surface area contributed by atoms with Crippen LogP contribution in [0.25, 0.3) is 10.9 Å². The van der Waals surface area contributed by atoms with Crippen LogP contribution in [0.2, 0.25) is 0 Å². The van der Waals surface area contributed by atoms with E-state index < -0.39 is 5.97 Å². The van der Waals surface area contributed by atoms with E-state index in [4.69, 9.17) is 4.74 Å². The quantitative estimate of drug-likeness (QED) is 0.417. The summed E-state index contributed by atoms with van der Waals surface area (Å²) in [6, 6.07) is 11.2. The van der Waals surface area contributed by atoms with E-state index in [9.17, 15) is 14.3 Å². The van der Waals surface area contributed by atoms with Gasteiger partial charge in [-0.3, -0.25) is 9.58 Å². The number of halogens is 1. The third-order valence-corrected chi connectivity index (χ3v) is 6.86. The van der Waals surface area contributed by atoms with E-state index in [1.807, 2.05) is 18.3 Å². The summed E-state index contributed by atoms with van der Waals surface area (Å²) in [4.78, 5) is 17.1. The summed E-state index contributed by atoms with van der Waals surface area (Å²) in [7, 11) is 1.69. The highest BCUT2D eigenvalue weighted by molar-refractivity contribution is 5.88. The minimum atomic E-state index is -0.948. The van der Waals surface area contributed by atoms with Gasteiger partial charge in [-0.25, -0.2) is 9.18 Å². The topological polar surface area (TPSA) is 83.4 Å². The molecule has 2 aromatic carbocycles. The normalized spacial score (nSPS) is 18.9. The van der Waals surface area contributed by atoms with E-state index in [1.54, 1.807) is 23.9 Å². The van der Waals surface area contributed by atoms with Gasteiger partial charge in [-0.15, -0.1) is 0 Å². The lowest BCUT2D eigenvalue weighted by atomic mass is 9.90. The fraction of sp³-hybridized carbons (Fsp3) is 0.308. The van der Waals surface area contributed by atoms with Gasteiger partial charge in [0.2, 0.25) is 0 Å². The number of carboxylic acids is 1. The number of fused-ring (bicyclic) bond motifs is 1. The number of nitrogens with zero attached hydrogens (tertiary/aromatic N) is 3. The van der Waals surface area contributed by atoms with Crippen molar-refractivity contribution in [3.63, 3.8) is 0 Å². The molecule has 3 heterocycles. The number of H-pyrrole nitrogens is 1. The van der Waals surface area contributed by atoms with Crippen molar-refractivity contribution >= 4 is 16.9 Å². The Kier molecular flexibility index (Phi) is 5.83. The molecule has 2 N–H and O–H groups in total. The largest absolute Gasteiger partial charge is 0.496 e. The molecule has 0 amide bonds. The van der Waals surface area contributed by atoms with Crippen molar-refractivity contribution in [3.05, 3.63) is 83.1 Å². The Hall–Kier alpha value is -3.65. The molecule has 7 nitrogen and oxygen atoms in total. The van der Waals surface area contributed by atoms with Crippen molar-refractivity contribution in [3.8, 4) is 5.75 Å². The second kappa shape index (κ2) is 8.95. The van der Waals surface area contributed by atoms with Crippen LogP contribution in [0.4, 0.5) is 4.39 Å². The van der Waals surface area contributed by atoms with Crippen LogP contribution in [0.3, 0.4) is 0 Å². The van der Waals surface area contributed by atoms with Crippen molar-refractivity contribution in [2.45, 2.75) is 38.4 Å². The van der Waals surface area contributed by atoms with Crippen LogP contribution in [-0.2, 0) is 6.54 Å². The summed E-state index contributed by atoms with van der Waals surface area (Å²) in [6.07, 6.45) is 6.19. The lowest BCUT2D eigenvalue weighted by Crippen LogP contribution is -2.37. The molecule has 34 heavy (non-hydrogen) atoms. The highest BCUT2D eigenvalue weighted by Crippen LogP contribution is 2.40. The maximum absolute atomic E-state index is 13.7. The third-order valence-electron chi connectivity index (χ3n) is 6.86. The molecule has 2 atom stereocenters. The predicted molar refractivity (Wildman–Crippen MR) is 127 cm³/mol. The van der Waals surface area contributed by atoms with Gasteiger partial charge in [-0.1, -0.05) is 12.1 Å². The van der Waals surface area contributed by atoms with Gasteiger partial charge in [0.05, 0.1) is 31.1 Å². The van der Waals surface area contributed by atoms with Gasteiger partial charge in [0.15, 0.2) is 5.82 Å². The molecule has 5 rings (SSSR count). The Labute approximate surface area is 196 Å². The van der Waals surface area contributed by atoms with Crippen LogP contribution in [0.5, 0.6) is 5.75 Å². The molecule has 1 saturated heterocycles. The number of methoxy groups -OCH3 is 1. The van der Waals surface area contributed by atoms with Crippen LogP contribution < -0.4 is 4.74 Å². The highest BCUT2D eigenvalue weighted by Gasteiger charge is 2.32. The van der Waals surface area contributed by atoms with Crippen LogP contribution >= 0.6 is 0 Å². The summed E-state index contributed by atoms with van der Waals surface area (Å²) < 4.78 is 21.1. The Morgan fingerprint density at radius 2 is 2.09 bits per heavy atom. The van der Waals surface area contributed by atoms with Gasteiger partial charge in [-0.2, -0.15) is 5.10 Å². The molecular weight excluding hydrogens is 435 g/mol. The fourth-order valence-corrected chi connectivity index (χ4v) is 5.12. The number of carboxylic acid groups (broad SMARTS) is 1. The van der Waals surface area contributed by atoms with Gasteiger partial charge in [0, 0.05) is 41.8 Å². The molecule has 0 spiro atoms. The second-order valence-corrected chi connectivity index (χ2v) is 8.87. The zero-order valence-corrected chi connectivity index (χ0v) is 19.2. The van der Waals surface area contributed by atoms with E-state index in [-0.39, 0.29) is 23.5 Å². The number of nitrogens with one attached hydrogen (secondary N) is 1. The number of aromatic carboxylic acids is 1. The number of benzene rings is 2. The van der Waals surface area contributed by atoms with Gasteiger partial charge < -0.3 is 14.8 Å². The first-order valence-corrected chi connectivity index (χ1v) is 11.3. The Morgan fingerprint density at radius 3 is 2.76 bits per heavy atom. The minimum Gasteiger partial charge on any atom is -0.496 e. The van der Waals surface area contributed by atoms with E-state index in [2.05, 4.69) is 34.0 Å². The SMILES string of the molecule is COc1cc(C)c2[nH]ccc2c1CN1CCC(n2cc(F)cn2)CC1c1ccc(C(=O)O)cc1. The Bertz CT molecular complexity index is 1330. The number of hydrogen-bond acceptors (Lipinski definition) is 4. The lowest BCUT2D eigenvalue weighted by Gasteiger charge is -2.40. The molecule has 1 aliphatic heterocycles. The number of ether oxygens (including phenoxy) is 1. The fourth-order valence-electron chi connectivity index (χ4n) is 5.12. The Balaban J connectivity index is 1.51. The number of likely N-dealkylation sites (tertiary alicyclic amines) is 1. The molecule has 0 saturated carbocycles. The van der Waals surface area contributed by atoms with Crippen LogP contribution in [-0.4, -0.2) is 44.4 Å². The molecule has 1 aliphatic rings. The van der Waals surface area contributed by atoms with Crippen molar-refractivity contribution in [1.82, 2.24) is 19.7 Å². The van der Waals surface area contributed by atoms with Gasteiger partial charge in [-0.05, 0) is 55.2 Å². The summed E-state index contributed by atoms with van der Waals surface area (Å²) >= 11 is 0. The molecule has 0 bridgehead atoms. The number of piperidine rings is 1. The number of carbonyl (C=O) groups is 1. The standard InChI is InChI=1S/C26H27FN4O3/c1-16-11-24(34-2)22(21-7-9-28-25(16)21)15-30-10-8-20(31-14-19(27)13-29-31)12-23(30)17-3-5-18(6-4-17)26(32)33/h3-7,9,11,13-14,20,23,28H,8,10,12,15H2,1-2H3,(H,32,33). The molecule has 2 unspecified atom stereocenters. The second-order valence-electron chi connectivity index (χ2n) is 8.87. The summed E-state index contributed by atoms with van der Waals surface area (Å²) in [5.74, 6) is -0.443. The molecular formula is C26H27FN4O3. The molecule has 1 fully saturated rings. The van der Waals surface area contributed by atoms with Crippen LogP contribution in [0, 0.1) is 12.7 Å². The Morgan fingerprint density at radius 1 is 1.29 bits per heavy atom. The zero-order valence-electron chi connectivity index (χ0n) is 19.2. The maximum Gasteiger partial charge on any atom is 0.335 e. The van der Waals surface area contributed by atoms with Gasteiger partial charge in [0.25, 0.3) is 0 Å². The van der Waals surface area contributed by atoms with E-state index in [0.717, 1.165) is 52.7 Å². The van der Waals surface area contributed by atoms with Crippen molar-refractivity contribution < 1.29 is 19.0 Å². The van der Waals surface area contributed by atoms with E-state index in [0.29, 0.717) is 6.54 Å². The zero-order chi connectivity index (χ0) is 23.8. The number of rotatable bonds is 6. The highest BCUT2D eigenvalue weighted by atomic mass is 19.1. The van der Waals surface area contributed by atoms with Crippen molar-refractivity contribution in [2.75, 3.05) is 13.7 Å². The lowest BCUT2D eigenvalue weighted by molar-refractivity contribution is 0.0696. The molecule has 2 aromatic heterocycles. The first kappa shape index (κ1) is 22.2. The monoisotopic (exact) mass is 462 g/mol. The average Bonchev–Trinajstić information content (AvgIpc) is 3.51. The number of hydrogen-bond donors (Lipinski definition) is 2. The smallest absolute Gasteiger partial charge is 0.335 e. The minimum absolute atomic E-state index is 0.00820. The van der Waals surface area contributed by atoms with Crippen molar-refractivity contribution in [2.24, 2.45) is 0 Å². The first-order valence-electron chi connectivity index (χ1n) is 11.3.